The molecule has 16 rings (SSSR count). The maximum atomic E-state index is 12.5. The second kappa shape index (κ2) is 32.7. The van der Waals surface area contributed by atoms with Gasteiger partial charge in [-0.1, -0.05) is 46.9 Å². The van der Waals surface area contributed by atoms with Crippen LogP contribution < -0.4 is 29.5 Å². The van der Waals surface area contributed by atoms with E-state index >= 15 is 0 Å². The number of carbonyl (C=O) groups is 3. The van der Waals surface area contributed by atoms with E-state index < -0.39 is 32.8 Å². The summed E-state index contributed by atoms with van der Waals surface area (Å²) in [5.41, 5.74) is 9.98. The average Bonchev–Trinajstić information content (AvgIpc) is 1.59. The summed E-state index contributed by atoms with van der Waals surface area (Å²) in [5.74, 6) is -0.462. The fourth-order valence-electron chi connectivity index (χ4n) is 14.7. The number of piperazine rings is 1. The third-order valence-electron chi connectivity index (χ3n) is 20.5. The quantitative estimate of drug-likeness (QED) is 0.0655. The fourth-order valence-corrected chi connectivity index (χ4v) is 17.0. The predicted octanol–water partition coefficient (Wildman–Crippen LogP) is 13.1. The molecule has 5 aromatic heterocycles. The number of likely N-dealkylation sites (tertiary alicyclic amines) is 1. The van der Waals surface area contributed by atoms with Crippen LogP contribution in [-0.4, -0.2) is 220 Å². The number of anilines is 4. The monoisotopic (exact) mass is 1620 g/mol. The molecule has 5 aliphatic rings. The molecule has 0 bridgehead atoms. The van der Waals surface area contributed by atoms with Crippen molar-refractivity contribution in [1.82, 2.24) is 69.4 Å². The lowest BCUT2D eigenvalue weighted by molar-refractivity contribution is -0.275. The molecule has 1 spiro atoms. The zero-order chi connectivity index (χ0) is 78.8. The van der Waals surface area contributed by atoms with E-state index in [0.29, 0.717) is 97.4 Å². The smallest absolute Gasteiger partial charge is 0.406 e. The number of nitrogens with one attached hydrogen (secondary N) is 6. The number of amides is 3. The Bertz CT molecular complexity index is 5390. The number of fused-ring (bicyclic) bond motifs is 5. The number of halogens is 9. The van der Waals surface area contributed by atoms with E-state index in [9.17, 15) is 57.6 Å². The van der Waals surface area contributed by atoms with Crippen LogP contribution in [0.2, 0.25) is 15.1 Å². The zero-order valence-electron chi connectivity index (χ0n) is 60.4. The maximum Gasteiger partial charge on any atom is 0.573 e. The van der Waals surface area contributed by atoms with Crippen LogP contribution in [0.3, 0.4) is 0 Å². The number of hydrogen-bond acceptors (Lipinski definition) is 17. The summed E-state index contributed by atoms with van der Waals surface area (Å²) in [6.07, 6.45) is 6.99. The summed E-state index contributed by atoms with van der Waals surface area (Å²) in [6, 6.07) is 24.3. The molecule has 10 heterocycles. The summed E-state index contributed by atoms with van der Waals surface area (Å²) >= 11 is 18.5. The van der Waals surface area contributed by atoms with Gasteiger partial charge in [-0.05, 0) is 116 Å². The van der Waals surface area contributed by atoms with Crippen LogP contribution in [0.1, 0.15) is 70.3 Å². The lowest BCUT2D eigenvalue weighted by atomic mass is 9.85. The van der Waals surface area contributed by atoms with Crippen molar-refractivity contribution in [3.05, 3.63) is 137 Å². The minimum Gasteiger partial charge on any atom is -0.406 e. The Morgan fingerprint density at radius 3 is 1.50 bits per heavy atom. The SMILES string of the molecule is CC(=O)N1CCN(c2cc(OC(F)(F)F)cc3[nH]ncc23)CC1.CC(=O)Nc1ccc(-c2cc(Cl)cc3[nH]ncc23)cc1.CN(C1CCN(c2cc(Cl)cc3[nH]ncc23)C1)S(C)(=O)=O.CN1C(=O)CCC12CCN(c1cc(Cl)cc3[nH]ncc13)CC2.CS(=O)(=O)N1CCC(c2cc(OC(F)(F)F)cc3[nH]ncc23)CC1. The van der Waals surface area contributed by atoms with Gasteiger partial charge in [0.2, 0.25) is 37.8 Å². The lowest BCUT2D eigenvalue weighted by Crippen LogP contribution is -2.51. The first-order valence-electron chi connectivity index (χ1n) is 34.9. The molecule has 5 saturated heterocycles. The fraction of sp³-hybridized carbons (Fsp3) is 0.389. The van der Waals surface area contributed by atoms with Crippen LogP contribution >= 0.6 is 34.8 Å². The largest absolute Gasteiger partial charge is 0.573 e. The van der Waals surface area contributed by atoms with Crippen LogP contribution in [-0.2, 0) is 34.4 Å². The van der Waals surface area contributed by atoms with Crippen molar-refractivity contribution in [1.29, 1.82) is 0 Å². The van der Waals surface area contributed by atoms with Gasteiger partial charge in [-0.15, -0.1) is 26.3 Å². The second-order valence-corrected chi connectivity index (χ2v) is 32.9. The number of aromatic amines is 5. The standard InChI is InChI=1S/C16H19ClN4O.C15H12ClN3O.C14H15F3N4O2.C14H16F3N3O3S.C13H17ClN4O2S/c1-20-15(22)2-3-16(20)4-6-21(7-5-16)14-9-11(17)8-13-12(14)10-18-19-13;1-9(20)18-12-4-2-10(3-5-12)13-6-11(16)7-15-14(13)8-17-19-15;1-9(22)20-2-4-21(5-3-20)13-7-10(23-14(15,16)17)6-12-11(13)8-18-19-12;1-24(21,22)20-4-2-9(3-5-20)11-6-10(23-14(15,16)17)7-13-12(11)8-18-19-13;1-17(21(2,19)20)10-3-4-18(8-10)13-6-9(14)5-12-11(13)7-15-16-12/h8-10H,2-7H2,1H3,(H,18,19);2-8H,1H3,(H,17,19)(H,18,20);6-8H,2-5H2,1H3,(H,18,19);6-9H,2-5H2,1H3,(H,18,19);5-7,10H,3-4,8H2,1-2H3,(H,15,16). The number of benzene rings is 6. The molecule has 3 amide bonds. The number of alkyl halides is 6. The highest BCUT2D eigenvalue weighted by molar-refractivity contribution is 7.88. The molecule has 0 radical (unpaired) electrons. The Hall–Kier alpha value is -9.65. The van der Waals surface area contributed by atoms with E-state index in [4.69, 9.17) is 34.8 Å². The van der Waals surface area contributed by atoms with Gasteiger partial charge in [-0.25, -0.2) is 25.4 Å². The van der Waals surface area contributed by atoms with Crippen LogP contribution in [0.25, 0.3) is 65.6 Å². The van der Waals surface area contributed by atoms with E-state index in [0.717, 1.165) is 128 Å². The highest BCUT2D eigenvalue weighted by atomic mass is 35.5. The van der Waals surface area contributed by atoms with E-state index in [1.807, 2.05) is 83.7 Å². The van der Waals surface area contributed by atoms with Gasteiger partial charge < -0.3 is 39.3 Å². The first-order chi connectivity index (χ1) is 52.0. The predicted molar refractivity (Wildman–Crippen MR) is 411 cm³/mol. The van der Waals surface area contributed by atoms with Gasteiger partial charge >= 0.3 is 12.7 Å². The molecule has 5 fully saturated rings. The number of carbonyl (C=O) groups excluding carboxylic acids is 3. The van der Waals surface area contributed by atoms with Gasteiger partial charge in [0.15, 0.2) is 0 Å². The highest BCUT2D eigenvalue weighted by Crippen LogP contribution is 2.43. The molecule has 27 nitrogen and oxygen atoms in total. The van der Waals surface area contributed by atoms with Crippen molar-refractivity contribution in [2.45, 2.75) is 89.0 Å². The third-order valence-corrected chi connectivity index (χ3v) is 23.8. The van der Waals surface area contributed by atoms with Gasteiger partial charge in [0.25, 0.3) is 0 Å². The normalized spacial score (nSPS) is 17.3. The van der Waals surface area contributed by atoms with Crippen molar-refractivity contribution in [3.63, 3.8) is 0 Å². The summed E-state index contributed by atoms with van der Waals surface area (Å²) in [7, 11) is -2.83. The molecule has 5 aliphatic heterocycles. The molecule has 586 valence electrons. The molecule has 0 saturated carbocycles. The first-order valence-corrected chi connectivity index (χ1v) is 39.7. The van der Waals surface area contributed by atoms with Gasteiger partial charge in [-0.3, -0.25) is 39.9 Å². The Morgan fingerprint density at radius 2 is 1.02 bits per heavy atom. The summed E-state index contributed by atoms with van der Waals surface area (Å²) in [5, 5.41) is 43.5. The van der Waals surface area contributed by atoms with Crippen LogP contribution in [0.5, 0.6) is 11.5 Å². The van der Waals surface area contributed by atoms with Crippen molar-refractivity contribution in [2.75, 3.05) is 112 Å². The van der Waals surface area contributed by atoms with Gasteiger partial charge in [0.05, 0.1) is 76.8 Å². The third kappa shape index (κ3) is 19.0. The maximum absolute atomic E-state index is 12.5. The number of ether oxygens (including phenoxy) is 2. The van der Waals surface area contributed by atoms with E-state index in [-0.39, 0.29) is 46.7 Å². The topological polar surface area (TPSA) is 316 Å². The highest BCUT2D eigenvalue weighted by Gasteiger charge is 2.45. The van der Waals surface area contributed by atoms with Gasteiger partial charge in [0, 0.05) is 189 Å². The number of nitrogens with zero attached hydrogens (tertiary/aromatic N) is 12. The Kier molecular flexibility index (Phi) is 23.8. The number of piperidine rings is 2. The Balaban J connectivity index is 0.000000128. The summed E-state index contributed by atoms with van der Waals surface area (Å²) < 4.78 is 132. The number of rotatable bonds is 11. The number of likely N-dealkylation sites (N-methyl/N-ethyl adjacent to an activating group) is 1. The molecule has 38 heteroatoms. The molecule has 1 unspecified atom stereocenters. The average molecular weight is 1630 g/mol. The van der Waals surface area contributed by atoms with Crippen molar-refractivity contribution < 1.29 is 67.0 Å². The summed E-state index contributed by atoms with van der Waals surface area (Å²) in [4.78, 5) is 44.4. The molecule has 11 aromatic rings. The van der Waals surface area contributed by atoms with E-state index in [2.05, 4.69) is 75.6 Å². The van der Waals surface area contributed by atoms with Gasteiger partial charge in [-0.2, -0.15) is 25.5 Å². The number of sulfonamides is 2. The number of H-pyrrole nitrogens is 5. The Labute approximate surface area is 642 Å². The second-order valence-electron chi connectivity index (χ2n) is 27.5. The Morgan fingerprint density at radius 1 is 0.564 bits per heavy atom. The van der Waals surface area contributed by atoms with Crippen molar-refractivity contribution in [2.24, 2.45) is 0 Å². The van der Waals surface area contributed by atoms with Crippen molar-refractivity contribution in [3.8, 4) is 22.6 Å². The lowest BCUT2D eigenvalue weighted by Gasteiger charge is -2.44. The van der Waals surface area contributed by atoms with Crippen LogP contribution in [0, 0.1) is 0 Å². The van der Waals surface area contributed by atoms with Crippen molar-refractivity contribution >= 4 is 150 Å². The molecule has 6 N–H and O–H groups in total. The van der Waals surface area contributed by atoms with E-state index in [1.165, 1.54) is 53.0 Å². The number of hydrogen-bond donors (Lipinski definition) is 6. The molecule has 0 aliphatic carbocycles. The molecule has 110 heavy (non-hydrogen) atoms. The first kappa shape index (κ1) is 79.9. The minimum atomic E-state index is -4.77. The molecular weight excluding hydrogens is 1550 g/mol. The molecule has 6 aromatic carbocycles. The zero-order valence-corrected chi connectivity index (χ0v) is 64.3. The minimum absolute atomic E-state index is 0.00716. The van der Waals surface area contributed by atoms with Crippen LogP contribution in [0.4, 0.5) is 49.1 Å². The van der Waals surface area contributed by atoms with Gasteiger partial charge in [0.1, 0.15) is 11.5 Å². The van der Waals surface area contributed by atoms with E-state index in [1.54, 1.807) is 36.7 Å². The molecule has 1 atom stereocenters. The van der Waals surface area contributed by atoms with Crippen LogP contribution in [0.15, 0.2) is 116 Å². The summed E-state index contributed by atoms with van der Waals surface area (Å²) in [6.45, 7) is 9.14. The number of aromatic nitrogens is 10. The molecular formula is C72H79Cl3F6N18O9S2.